The zero-order chi connectivity index (χ0) is 40.5. The second kappa shape index (κ2) is 12.7. The number of hydrogen-bond donors (Lipinski definition) is 2. The summed E-state index contributed by atoms with van der Waals surface area (Å²) in [7, 11) is 0. The molecule has 0 atom stereocenters. The maximum atomic E-state index is 3.85. The Morgan fingerprint density at radius 1 is 0.290 bits per heavy atom. The molecule has 12 aromatic rings. The van der Waals surface area contributed by atoms with Crippen molar-refractivity contribution in [2.75, 3.05) is 10.6 Å². The molecule has 2 heteroatoms. The second-order valence-corrected chi connectivity index (χ2v) is 17.0. The van der Waals surface area contributed by atoms with E-state index in [2.05, 4.69) is 217 Å². The lowest BCUT2D eigenvalue weighted by Crippen LogP contribution is -2.07. The van der Waals surface area contributed by atoms with E-state index in [0.29, 0.717) is 0 Å². The van der Waals surface area contributed by atoms with Gasteiger partial charge in [0.25, 0.3) is 0 Å². The fourth-order valence-corrected chi connectivity index (χ4v) is 10.7. The van der Waals surface area contributed by atoms with Gasteiger partial charge >= 0.3 is 0 Å². The monoisotopic (exact) mass is 784 g/mol. The molecule has 0 unspecified atom stereocenters. The van der Waals surface area contributed by atoms with Gasteiger partial charge in [-0.05, 0) is 124 Å². The molecular formula is C60H36N2. The van der Waals surface area contributed by atoms with Gasteiger partial charge in [-0.1, -0.05) is 170 Å². The van der Waals surface area contributed by atoms with Crippen LogP contribution in [-0.4, -0.2) is 0 Å². The average Bonchev–Trinajstić information content (AvgIpc) is 3.33. The molecule has 0 bridgehead atoms. The summed E-state index contributed by atoms with van der Waals surface area (Å²) in [4.78, 5) is 0. The van der Waals surface area contributed by atoms with Gasteiger partial charge in [0.1, 0.15) is 0 Å². The van der Waals surface area contributed by atoms with Crippen molar-refractivity contribution < 1.29 is 0 Å². The highest BCUT2D eigenvalue weighted by molar-refractivity contribution is 6.29. The van der Waals surface area contributed by atoms with E-state index in [9.17, 15) is 0 Å². The number of benzene rings is 12. The van der Waals surface area contributed by atoms with Gasteiger partial charge < -0.3 is 10.6 Å². The third-order valence-electron chi connectivity index (χ3n) is 13.6. The Morgan fingerprint density at radius 3 is 1.11 bits per heavy atom. The minimum Gasteiger partial charge on any atom is -0.354 e. The summed E-state index contributed by atoms with van der Waals surface area (Å²) in [5, 5.41) is 23.2. The molecule has 62 heavy (non-hydrogen) atoms. The van der Waals surface area contributed by atoms with Crippen LogP contribution in [0, 0.1) is 0 Å². The van der Waals surface area contributed by atoms with E-state index < -0.39 is 0 Å². The third kappa shape index (κ3) is 4.86. The molecule has 14 rings (SSSR count). The van der Waals surface area contributed by atoms with Crippen LogP contribution < -0.4 is 10.6 Å². The molecule has 0 aromatic heterocycles. The quantitative estimate of drug-likeness (QED) is 0.174. The van der Waals surface area contributed by atoms with Gasteiger partial charge in [-0.3, -0.25) is 0 Å². The molecule has 2 heterocycles. The summed E-state index contributed by atoms with van der Waals surface area (Å²) in [5.74, 6) is 0. The highest BCUT2D eigenvalue weighted by Gasteiger charge is 2.26. The Bertz CT molecular complexity index is 3600. The Morgan fingerprint density at radius 2 is 0.677 bits per heavy atom. The summed E-state index contributed by atoms with van der Waals surface area (Å²) in [6, 6.07) is 71.7. The number of para-hydroxylation sites is 2. The van der Waals surface area contributed by atoms with E-state index >= 15 is 0 Å². The van der Waals surface area contributed by atoms with Gasteiger partial charge in [0.2, 0.25) is 0 Å². The van der Waals surface area contributed by atoms with Crippen molar-refractivity contribution >= 4 is 111 Å². The molecule has 0 spiro atoms. The lowest BCUT2D eigenvalue weighted by atomic mass is 9.84. The summed E-state index contributed by atoms with van der Waals surface area (Å²) in [6.45, 7) is 0. The minimum atomic E-state index is 1.14. The van der Waals surface area contributed by atoms with Crippen molar-refractivity contribution in [1.29, 1.82) is 0 Å². The third-order valence-corrected chi connectivity index (χ3v) is 13.6. The van der Waals surface area contributed by atoms with Gasteiger partial charge in [0.05, 0.1) is 11.4 Å². The van der Waals surface area contributed by atoms with Crippen LogP contribution in [0.4, 0.5) is 22.7 Å². The molecule has 0 amide bonds. The van der Waals surface area contributed by atoms with Crippen LogP contribution in [0.2, 0.25) is 0 Å². The second-order valence-electron chi connectivity index (χ2n) is 17.0. The first-order valence-electron chi connectivity index (χ1n) is 21.5. The van der Waals surface area contributed by atoms with E-state index in [1.54, 1.807) is 0 Å². The topological polar surface area (TPSA) is 24.1 Å². The number of fused-ring (bicyclic) bond motifs is 6. The molecule has 0 aliphatic carbocycles. The molecule has 0 saturated carbocycles. The van der Waals surface area contributed by atoms with E-state index in [4.69, 9.17) is 0 Å². The van der Waals surface area contributed by atoms with E-state index in [1.807, 2.05) is 0 Å². The predicted octanol–water partition coefficient (Wildman–Crippen LogP) is 16.4. The molecule has 0 radical (unpaired) electrons. The van der Waals surface area contributed by atoms with Crippen LogP contribution in [0.1, 0.15) is 33.4 Å². The predicted molar refractivity (Wildman–Crippen MR) is 266 cm³/mol. The Kier molecular flexibility index (Phi) is 6.86. The van der Waals surface area contributed by atoms with Crippen LogP contribution in [-0.2, 0) is 0 Å². The van der Waals surface area contributed by atoms with E-state index in [0.717, 1.165) is 11.4 Å². The van der Waals surface area contributed by atoms with Crippen molar-refractivity contribution in [1.82, 2.24) is 0 Å². The van der Waals surface area contributed by atoms with Crippen molar-refractivity contribution in [2.24, 2.45) is 0 Å². The van der Waals surface area contributed by atoms with Crippen LogP contribution in [0.15, 0.2) is 194 Å². The lowest BCUT2D eigenvalue weighted by molar-refractivity contribution is 1.47. The summed E-state index contributed by atoms with van der Waals surface area (Å²) in [5.41, 5.74) is 16.7. The number of anilines is 4. The fraction of sp³-hybridized carbons (Fsp3) is 0. The van der Waals surface area contributed by atoms with Crippen molar-refractivity contribution in [3.8, 4) is 11.1 Å². The molecule has 2 nitrogen and oxygen atoms in total. The maximum absolute atomic E-state index is 3.85. The van der Waals surface area contributed by atoms with E-state index in [-0.39, 0.29) is 0 Å². The molecule has 0 saturated heterocycles. The molecule has 286 valence electrons. The Balaban J connectivity index is 0.832. The van der Waals surface area contributed by atoms with Gasteiger partial charge in [0, 0.05) is 44.4 Å². The molecular weight excluding hydrogens is 749 g/mol. The normalized spacial score (nSPS) is 14.5. The standard InChI is InChI=1S/C60H36N2/c1-3-13-53-45(11-1)49(51-33-43-25-23-39-7-5-9-41-27-29-47(59(51)61-53)57(43)55(39)41)31-35-15-19-37(20-16-35)38-21-17-36(18-22-38)32-50-46-12-2-4-14-54(46)62-60-48-30-28-42-10-6-8-40-24-26-44(34-52(50)60)58(48)56(40)42/h1-34,61-62H/b49-31-,50-32?. The van der Waals surface area contributed by atoms with Gasteiger partial charge in [0.15, 0.2) is 0 Å². The van der Waals surface area contributed by atoms with Crippen LogP contribution in [0.5, 0.6) is 0 Å². The largest absolute Gasteiger partial charge is 0.354 e. The van der Waals surface area contributed by atoms with Gasteiger partial charge in [-0.15, -0.1) is 0 Å². The van der Waals surface area contributed by atoms with Gasteiger partial charge in [-0.25, -0.2) is 0 Å². The van der Waals surface area contributed by atoms with Crippen LogP contribution >= 0.6 is 0 Å². The molecule has 12 aromatic carbocycles. The molecule has 0 fully saturated rings. The first-order valence-corrected chi connectivity index (χ1v) is 21.5. The summed E-state index contributed by atoms with van der Waals surface area (Å²) >= 11 is 0. The van der Waals surface area contributed by atoms with Crippen molar-refractivity contribution in [2.45, 2.75) is 0 Å². The Labute approximate surface area is 358 Å². The SMILES string of the molecule is C(=C1c2ccccc2Nc2c1cc1ccc3cccc4ccc2c1c34)c1ccc(-c2ccc(/C=C3/c4ccccc4Nc4c3cc3ccc5cccc6ccc4c3c56)cc2)cc1. The Hall–Kier alpha value is -8.20. The smallest absolute Gasteiger partial charge is 0.0544 e. The van der Waals surface area contributed by atoms with Crippen LogP contribution in [0.25, 0.3) is 99.1 Å². The highest BCUT2D eigenvalue weighted by atomic mass is 14.9. The highest BCUT2D eigenvalue weighted by Crippen LogP contribution is 2.50. The number of nitrogens with one attached hydrogen (secondary N) is 2. The average molecular weight is 785 g/mol. The maximum Gasteiger partial charge on any atom is 0.0544 e. The molecule has 2 N–H and O–H groups in total. The number of rotatable bonds is 3. The summed E-state index contributed by atoms with van der Waals surface area (Å²) in [6.07, 6.45) is 4.72. The van der Waals surface area contributed by atoms with Crippen molar-refractivity contribution in [3.63, 3.8) is 0 Å². The number of hydrogen-bond acceptors (Lipinski definition) is 2. The fourth-order valence-electron chi connectivity index (χ4n) is 10.7. The van der Waals surface area contributed by atoms with Crippen molar-refractivity contribution in [3.05, 3.63) is 228 Å². The molecule has 2 aliphatic rings. The first kappa shape index (κ1) is 33.6. The van der Waals surface area contributed by atoms with Gasteiger partial charge in [-0.2, -0.15) is 0 Å². The van der Waals surface area contributed by atoms with E-state index in [1.165, 1.54) is 132 Å². The molecule has 2 aliphatic heterocycles. The first-order chi connectivity index (χ1) is 30.7. The zero-order valence-electron chi connectivity index (χ0n) is 33.6. The summed E-state index contributed by atoms with van der Waals surface area (Å²) < 4.78 is 0. The zero-order valence-corrected chi connectivity index (χ0v) is 33.6. The minimum absolute atomic E-state index is 1.14. The van der Waals surface area contributed by atoms with Crippen LogP contribution in [0.3, 0.4) is 0 Å². The lowest BCUT2D eigenvalue weighted by Gasteiger charge is -2.27.